The van der Waals surface area contributed by atoms with Crippen LogP contribution in [0.2, 0.25) is 0 Å². The third-order valence-corrected chi connectivity index (χ3v) is 2.83. The van der Waals surface area contributed by atoms with Crippen molar-refractivity contribution in [2.75, 3.05) is 5.32 Å². The topological polar surface area (TPSA) is 90.3 Å². The smallest absolute Gasteiger partial charge is 0.234 e. The number of nitriles is 1. The summed E-state index contributed by atoms with van der Waals surface area (Å²) in [6, 6.07) is 5.71. The Labute approximate surface area is 104 Å². The molecule has 1 fully saturated rings. The van der Waals surface area contributed by atoms with E-state index in [2.05, 4.69) is 25.5 Å². The van der Waals surface area contributed by atoms with Crippen molar-refractivity contribution < 1.29 is 0 Å². The zero-order valence-corrected chi connectivity index (χ0v) is 9.94. The van der Waals surface area contributed by atoms with Gasteiger partial charge in [0.25, 0.3) is 0 Å². The fourth-order valence-electron chi connectivity index (χ4n) is 1.82. The molecule has 0 bridgehead atoms. The minimum Gasteiger partial charge on any atom is -0.323 e. The van der Waals surface area contributed by atoms with Crippen molar-refractivity contribution in [2.45, 2.75) is 25.7 Å². The van der Waals surface area contributed by atoms with Gasteiger partial charge in [0.05, 0.1) is 0 Å². The lowest BCUT2D eigenvalue weighted by molar-refractivity contribution is 0.965. The summed E-state index contributed by atoms with van der Waals surface area (Å²) in [7, 11) is 0. The van der Waals surface area contributed by atoms with Crippen molar-refractivity contribution in [3.05, 3.63) is 29.3 Å². The van der Waals surface area contributed by atoms with Crippen LogP contribution in [0, 0.1) is 18.3 Å². The van der Waals surface area contributed by atoms with E-state index in [9.17, 15) is 0 Å². The molecule has 90 valence electrons. The predicted octanol–water partition coefficient (Wildman–Crippen LogP) is 2.00. The molecule has 1 saturated carbocycles. The van der Waals surface area contributed by atoms with E-state index in [4.69, 9.17) is 5.26 Å². The van der Waals surface area contributed by atoms with Gasteiger partial charge in [0.2, 0.25) is 5.82 Å². The highest BCUT2D eigenvalue weighted by Crippen LogP contribution is 2.39. The zero-order chi connectivity index (χ0) is 12.5. The summed E-state index contributed by atoms with van der Waals surface area (Å²) >= 11 is 0. The molecule has 0 radical (unpaired) electrons. The molecular formula is C12H12N6. The fourth-order valence-corrected chi connectivity index (χ4v) is 1.82. The lowest BCUT2D eigenvalue weighted by Gasteiger charge is -2.02. The van der Waals surface area contributed by atoms with Gasteiger partial charge in [0.1, 0.15) is 11.9 Å². The second-order valence-electron chi connectivity index (χ2n) is 4.44. The van der Waals surface area contributed by atoms with Crippen LogP contribution in [0.5, 0.6) is 0 Å². The summed E-state index contributed by atoms with van der Waals surface area (Å²) in [5.74, 6) is 2.11. The Morgan fingerprint density at radius 1 is 1.33 bits per heavy atom. The number of hydrogen-bond acceptors (Lipinski definition) is 5. The molecule has 0 saturated heterocycles. The first-order valence-corrected chi connectivity index (χ1v) is 5.83. The monoisotopic (exact) mass is 240 g/mol. The maximum atomic E-state index is 8.81. The maximum absolute atomic E-state index is 8.81. The van der Waals surface area contributed by atoms with Gasteiger partial charge in [-0.15, -0.1) is 0 Å². The molecule has 6 nitrogen and oxygen atoms in total. The average Bonchev–Trinajstić information content (AvgIpc) is 3.10. The number of aromatic nitrogens is 4. The summed E-state index contributed by atoms with van der Waals surface area (Å²) in [6.07, 6.45) is 2.46. The van der Waals surface area contributed by atoms with Gasteiger partial charge < -0.3 is 5.32 Å². The number of aromatic amines is 1. The molecule has 0 unspecified atom stereocenters. The van der Waals surface area contributed by atoms with E-state index < -0.39 is 0 Å². The Bertz CT molecular complexity index is 620. The molecule has 6 heteroatoms. The SMILES string of the molecule is Cc1cc(Nc2cc(C3CC3)[nH]n2)nc(C#N)n1. The second-order valence-corrected chi connectivity index (χ2v) is 4.44. The number of nitrogens with one attached hydrogen (secondary N) is 2. The van der Waals surface area contributed by atoms with Gasteiger partial charge in [-0.2, -0.15) is 10.4 Å². The molecule has 0 spiro atoms. The van der Waals surface area contributed by atoms with Crippen LogP contribution in [0.1, 0.15) is 36.0 Å². The Morgan fingerprint density at radius 3 is 2.89 bits per heavy atom. The van der Waals surface area contributed by atoms with Crippen LogP contribution in [0.25, 0.3) is 0 Å². The average molecular weight is 240 g/mol. The van der Waals surface area contributed by atoms with E-state index in [1.165, 1.54) is 12.8 Å². The van der Waals surface area contributed by atoms with Crippen molar-refractivity contribution in [1.29, 1.82) is 5.26 Å². The quantitative estimate of drug-likeness (QED) is 0.856. The predicted molar refractivity (Wildman–Crippen MR) is 65.3 cm³/mol. The summed E-state index contributed by atoms with van der Waals surface area (Å²) < 4.78 is 0. The van der Waals surface area contributed by atoms with Gasteiger partial charge >= 0.3 is 0 Å². The van der Waals surface area contributed by atoms with Crippen LogP contribution >= 0.6 is 0 Å². The molecule has 2 aromatic rings. The van der Waals surface area contributed by atoms with Gasteiger partial charge in [-0.1, -0.05) is 0 Å². The molecule has 2 N–H and O–H groups in total. The van der Waals surface area contributed by atoms with Crippen molar-refractivity contribution in [2.24, 2.45) is 0 Å². The van der Waals surface area contributed by atoms with Crippen LogP contribution in [-0.2, 0) is 0 Å². The van der Waals surface area contributed by atoms with Crippen molar-refractivity contribution in [3.63, 3.8) is 0 Å². The molecule has 3 rings (SSSR count). The molecule has 18 heavy (non-hydrogen) atoms. The van der Waals surface area contributed by atoms with Crippen molar-refractivity contribution >= 4 is 11.6 Å². The number of rotatable bonds is 3. The van der Waals surface area contributed by atoms with Gasteiger partial charge in [0.15, 0.2) is 5.82 Å². The van der Waals surface area contributed by atoms with E-state index in [0.29, 0.717) is 11.7 Å². The largest absolute Gasteiger partial charge is 0.323 e. The van der Waals surface area contributed by atoms with Crippen LogP contribution in [0.3, 0.4) is 0 Å². The van der Waals surface area contributed by atoms with Crippen LogP contribution in [0.15, 0.2) is 12.1 Å². The van der Waals surface area contributed by atoms with Gasteiger partial charge in [-0.3, -0.25) is 5.10 Å². The fraction of sp³-hybridized carbons (Fsp3) is 0.333. The van der Waals surface area contributed by atoms with E-state index >= 15 is 0 Å². The molecule has 0 amide bonds. The molecular weight excluding hydrogens is 228 g/mol. The summed E-state index contributed by atoms with van der Waals surface area (Å²) in [6.45, 7) is 1.83. The Balaban J connectivity index is 1.82. The number of hydrogen-bond donors (Lipinski definition) is 2. The normalized spacial score (nSPS) is 14.2. The van der Waals surface area contributed by atoms with Gasteiger partial charge in [-0.25, -0.2) is 9.97 Å². The third kappa shape index (κ3) is 2.15. The van der Waals surface area contributed by atoms with Crippen LogP contribution in [-0.4, -0.2) is 20.2 Å². The maximum Gasteiger partial charge on any atom is 0.234 e. The first kappa shape index (κ1) is 10.7. The molecule has 0 aromatic carbocycles. The van der Waals surface area contributed by atoms with Crippen molar-refractivity contribution in [1.82, 2.24) is 20.2 Å². The van der Waals surface area contributed by atoms with E-state index in [1.54, 1.807) is 6.07 Å². The molecule has 2 heterocycles. The number of H-pyrrole nitrogens is 1. The standard InChI is InChI=1S/C12H12N6/c1-7-4-10(16-12(6-13)14-7)15-11-5-9(17-18-11)8-2-3-8/h4-5,8H,2-3H2,1H3,(H2,14,15,16,17,18). The number of aryl methyl sites for hydroxylation is 1. The summed E-state index contributed by atoms with van der Waals surface area (Å²) in [4.78, 5) is 8.08. The third-order valence-electron chi connectivity index (χ3n) is 2.83. The van der Waals surface area contributed by atoms with Crippen LogP contribution < -0.4 is 5.32 Å². The molecule has 0 aliphatic heterocycles. The lowest BCUT2D eigenvalue weighted by atomic mass is 10.3. The molecule has 0 atom stereocenters. The Morgan fingerprint density at radius 2 is 2.17 bits per heavy atom. The minimum atomic E-state index is 0.162. The Hall–Kier alpha value is -2.42. The first-order chi connectivity index (χ1) is 8.74. The molecule has 1 aliphatic rings. The highest BCUT2D eigenvalue weighted by molar-refractivity contribution is 5.53. The highest BCUT2D eigenvalue weighted by Gasteiger charge is 2.25. The molecule has 1 aliphatic carbocycles. The zero-order valence-electron chi connectivity index (χ0n) is 9.94. The summed E-state index contributed by atoms with van der Waals surface area (Å²) in [5, 5.41) is 19.1. The Kier molecular flexibility index (Phi) is 2.45. The summed E-state index contributed by atoms with van der Waals surface area (Å²) in [5.41, 5.74) is 1.91. The first-order valence-electron chi connectivity index (χ1n) is 5.83. The number of nitrogens with zero attached hydrogens (tertiary/aromatic N) is 4. The second kappa shape index (κ2) is 4.11. The van der Waals surface area contributed by atoms with Crippen molar-refractivity contribution in [3.8, 4) is 6.07 Å². The van der Waals surface area contributed by atoms with E-state index in [-0.39, 0.29) is 5.82 Å². The van der Waals surface area contributed by atoms with Gasteiger partial charge in [0, 0.05) is 29.4 Å². The lowest BCUT2D eigenvalue weighted by Crippen LogP contribution is -1.99. The number of anilines is 2. The minimum absolute atomic E-state index is 0.162. The van der Waals surface area contributed by atoms with E-state index in [0.717, 1.165) is 17.2 Å². The van der Waals surface area contributed by atoms with Crippen LogP contribution in [0.4, 0.5) is 11.6 Å². The van der Waals surface area contributed by atoms with Gasteiger partial charge in [-0.05, 0) is 19.8 Å². The molecule has 2 aromatic heterocycles. The highest BCUT2D eigenvalue weighted by atomic mass is 15.2. The van der Waals surface area contributed by atoms with E-state index in [1.807, 2.05) is 19.1 Å².